The molecule has 2 atom stereocenters. The van der Waals surface area contributed by atoms with E-state index in [9.17, 15) is 0 Å². The van der Waals surface area contributed by atoms with Crippen molar-refractivity contribution in [2.24, 2.45) is 11.3 Å². The van der Waals surface area contributed by atoms with Gasteiger partial charge < -0.3 is 4.74 Å². The van der Waals surface area contributed by atoms with E-state index < -0.39 is 0 Å². The third kappa shape index (κ3) is 0.759. The van der Waals surface area contributed by atoms with Gasteiger partial charge in [0.1, 0.15) is 0 Å². The Bertz CT molecular complexity index is 176. The van der Waals surface area contributed by atoms with Gasteiger partial charge in [0.15, 0.2) is 0 Å². The number of fused-ring (bicyclic) bond motifs is 2. The van der Waals surface area contributed by atoms with E-state index >= 15 is 0 Å². The van der Waals surface area contributed by atoms with Crippen LogP contribution in [0.1, 0.15) is 19.3 Å². The zero-order chi connectivity index (χ0) is 7.03. The highest BCUT2D eigenvalue weighted by Crippen LogP contribution is 2.44. The van der Waals surface area contributed by atoms with Crippen LogP contribution in [0.2, 0.25) is 0 Å². The van der Waals surface area contributed by atoms with Crippen LogP contribution in [-0.2, 0) is 4.74 Å². The molecule has 2 rings (SSSR count). The summed E-state index contributed by atoms with van der Waals surface area (Å²) in [5.41, 5.74) is 0.142. The molecule has 2 bridgehead atoms. The van der Waals surface area contributed by atoms with Crippen LogP contribution >= 0.6 is 0 Å². The molecule has 0 N–H and O–H groups in total. The van der Waals surface area contributed by atoms with Crippen molar-refractivity contribution in [1.29, 1.82) is 0 Å². The van der Waals surface area contributed by atoms with Crippen LogP contribution < -0.4 is 0 Å². The molecule has 0 aromatic carbocycles. The average Bonchev–Trinajstić information content (AvgIpc) is 2.29. The quantitative estimate of drug-likeness (QED) is 0.458. The SMILES string of the molecule is C#CC12CCC(COC1)C2. The van der Waals surface area contributed by atoms with Crippen molar-refractivity contribution >= 4 is 0 Å². The van der Waals surface area contributed by atoms with Gasteiger partial charge >= 0.3 is 0 Å². The van der Waals surface area contributed by atoms with Crippen LogP contribution in [0.3, 0.4) is 0 Å². The Morgan fingerprint density at radius 2 is 2.50 bits per heavy atom. The number of hydrogen-bond donors (Lipinski definition) is 0. The summed E-state index contributed by atoms with van der Waals surface area (Å²) in [4.78, 5) is 0. The number of hydrogen-bond acceptors (Lipinski definition) is 1. The lowest BCUT2D eigenvalue weighted by molar-refractivity contribution is 0.0218. The summed E-state index contributed by atoms with van der Waals surface area (Å²) < 4.78 is 5.41. The highest BCUT2D eigenvalue weighted by molar-refractivity contribution is 5.11. The summed E-state index contributed by atoms with van der Waals surface area (Å²) in [6.07, 6.45) is 9.13. The van der Waals surface area contributed by atoms with E-state index in [1.807, 2.05) is 0 Å². The van der Waals surface area contributed by atoms with E-state index in [1.54, 1.807) is 0 Å². The van der Waals surface area contributed by atoms with Gasteiger partial charge in [0.05, 0.1) is 12.0 Å². The average molecular weight is 136 g/mol. The minimum Gasteiger partial charge on any atom is -0.380 e. The van der Waals surface area contributed by atoms with Gasteiger partial charge in [0, 0.05) is 6.61 Å². The Hall–Kier alpha value is -0.480. The summed E-state index contributed by atoms with van der Waals surface area (Å²) in [5.74, 6) is 3.65. The molecule has 2 fully saturated rings. The van der Waals surface area contributed by atoms with E-state index in [-0.39, 0.29) is 5.41 Å². The lowest BCUT2D eigenvalue weighted by Gasteiger charge is -2.27. The largest absolute Gasteiger partial charge is 0.380 e. The number of rotatable bonds is 0. The van der Waals surface area contributed by atoms with E-state index in [0.29, 0.717) is 0 Å². The topological polar surface area (TPSA) is 9.23 Å². The Balaban J connectivity index is 2.19. The van der Waals surface area contributed by atoms with Gasteiger partial charge in [-0.1, -0.05) is 5.92 Å². The van der Waals surface area contributed by atoms with Crippen molar-refractivity contribution in [3.63, 3.8) is 0 Å². The van der Waals surface area contributed by atoms with E-state index in [0.717, 1.165) is 19.1 Å². The highest BCUT2D eigenvalue weighted by Gasteiger charge is 2.41. The van der Waals surface area contributed by atoms with Gasteiger partial charge in [-0.05, 0) is 25.2 Å². The first kappa shape index (κ1) is 6.24. The molecule has 10 heavy (non-hydrogen) atoms. The Kier molecular flexibility index (Phi) is 1.25. The first-order chi connectivity index (χ1) is 4.85. The lowest BCUT2D eigenvalue weighted by atomic mass is 9.86. The van der Waals surface area contributed by atoms with Gasteiger partial charge in [0.2, 0.25) is 0 Å². The van der Waals surface area contributed by atoms with E-state index in [1.165, 1.54) is 19.3 Å². The Labute approximate surface area is 61.8 Å². The fraction of sp³-hybridized carbons (Fsp3) is 0.778. The monoisotopic (exact) mass is 136 g/mol. The van der Waals surface area contributed by atoms with Gasteiger partial charge in [-0.3, -0.25) is 0 Å². The highest BCUT2D eigenvalue weighted by atomic mass is 16.5. The molecular weight excluding hydrogens is 124 g/mol. The molecule has 1 heterocycles. The molecule has 1 aliphatic heterocycles. The minimum absolute atomic E-state index is 0.142. The van der Waals surface area contributed by atoms with Crippen LogP contribution in [0.4, 0.5) is 0 Å². The maximum Gasteiger partial charge on any atom is 0.0632 e. The molecule has 1 aliphatic carbocycles. The lowest BCUT2D eigenvalue weighted by Crippen LogP contribution is -2.27. The first-order valence-electron chi connectivity index (χ1n) is 3.90. The molecule has 0 spiro atoms. The fourth-order valence-corrected chi connectivity index (χ4v) is 2.10. The predicted molar refractivity (Wildman–Crippen MR) is 39.4 cm³/mol. The van der Waals surface area contributed by atoms with Crippen LogP contribution in [0.5, 0.6) is 0 Å². The maximum absolute atomic E-state index is 5.45. The number of ether oxygens (including phenoxy) is 1. The second kappa shape index (κ2) is 2.00. The molecule has 1 saturated carbocycles. The van der Waals surface area contributed by atoms with Gasteiger partial charge in [-0.25, -0.2) is 0 Å². The van der Waals surface area contributed by atoms with Crippen LogP contribution in [0.25, 0.3) is 0 Å². The normalized spacial score (nSPS) is 44.9. The summed E-state index contributed by atoms with van der Waals surface area (Å²) in [7, 11) is 0. The van der Waals surface area contributed by atoms with E-state index in [4.69, 9.17) is 11.2 Å². The van der Waals surface area contributed by atoms with Gasteiger partial charge in [-0.15, -0.1) is 6.42 Å². The van der Waals surface area contributed by atoms with Crippen LogP contribution in [0, 0.1) is 23.7 Å². The first-order valence-corrected chi connectivity index (χ1v) is 3.90. The molecule has 2 unspecified atom stereocenters. The Morgan fingerprint density at radius 3 is 3.20 bits per heavy atom. The third-order valence-electron chi connectivity index (χ3n) is 2.75. The molecule has 1 heteroatoms. The molecule has 2 aliphatic rings. The summed E-state index contributed by atoms with van der Waals surface area (Å²) in [6.45, 7) is 1.75. The van der Waals surface area contributed by atoms with Crippen molar-refractivity contribution in [2.75, 3.05) is 13.2 Å². The zero-order valence-electron chi connectivity index (χ0n) is 6.10. The van der Waals surface area contributed by atoms with Crippen LogP contribution in [-0.4, -0.2) is 13.2 Å². The fourth-order valence-electron chi connectivity index (χ4n) is 2.10. The maximum atomic E-state index is 5.45. The van der Waals surface area contributed by atoms with Crippen molar-refractivity contribution in [1.82, 2.24) is 0 Å². The third-order valence-corrected chi connectivity index (χ3v) is 2.75. The van der Waals surface area contributed by atoms with Gasteiger partial charge in [-0.2, -0.15) is 0 Å². The van der Waals surface area contributed by atoms with Gasteiger partial charge in [0.25, 0.3) is 0 Å². The summed E-state index contributed by atoms with van der Waals surface area (Å²) in [5, 5.41) is 0. The molecule has 1 saturated heterocycles. The van der Waals surface area contributed by atoms with E-state index in [2.05, 4.69) is 5.92 Å². The predicted octanol–water partition coefficient (Wildman–Crippen LogP) is 1.44. The van der Waals surface area contributed by atoms with Crippen LogP contribution in [0.15, 0.2) is 0 Å². The van der Waals surface area contributed by atoms with Crippen molar-refractivity contribution in [2.45, 2.75) is 19.3 Å². The molecule has 0 radical (unpaired) electrons. The van der Waals surface area contributed by atoms with Crippen molar-refractivity contribution in [3.05, 3.63) is 0 Å². The second-order valence-electron chi connectivity index (χ2n) is 3.55. The molecule has 0 aromatic heterocycles. The molecular formula is C9H12O. The zero-order valence-corrected chi connectivity index (χ0v) is 6.10. The number of terminal acetylenes is 1. The smallest absolute Gasteiger partial charge is 0.0632 e. The summed E-state index contributed by atoms with van der Waals surface area (Å²) in [6, 6.07) is 0. The molecule has 54 valence electrons. The summed E-state index contributed by atoms with van der Waals surface area (Å²) >= 11 is 0. The van der Waals surface area contributed by atoms with Crippen molar-refractivity contribution in [3.8, 4) is 12.3 Å². The molecule has 0 amide bonds. The standard InChI is InChI=1S/C9H12O/c1-2-9-4-3-8(5-9)6-10-7-9/h1,8H,3-7H2. The Morgan fingerprint density at radius 1 is 1.60 bits per heavy atom. The molecule has 0 aromatic rings. The second-order valence-corrected chi connectivity index (χ2v) is 3.55. The van der Waals surface area contributed by atoms with Crippen molar-refractivity contribution < 1.29 is 4.74 Å². The molecule has 1 nitrogen and oxygen atoms in total. The minimum atomic E-state index is 0.142.